The maximum absolute atomic E-state index is 12.5. The van der Waals surface area contributed by atoms with Crippen molar-refractivity contribution in [2.24, 2.45) is 0 Å². The minimum Gasteiger partial charge on any atom is -0.744 e. The Morgan fingerprint density at radius 3 is 1.79 bits per heavy atom. The predicted octanol–water partition coefficient (Wildman–Crippen LogP) is -0.938. The molecule has 0 fully saturated rings. The molecular formula is C21H19NaO5PS+. The molecule has 0 aliphatic rings. The molecule has 3 aromatic rings. The molecule has 0 unspecified atom stereocenters. The van der Waals surface area contributed by atoms with E-state index in [4.69, 9.17) is 4.74 Å². The van der Waals surface area contributed by atoms with E-state index in [1.54, 1.807) is 6.07 Å². The molecule has 144 valence electrons. The summed E-state index contributed by atoms with van der Waals surface area (Å²) in [6.45, 7) is 0. The minimum atomic E-state index is -4.63. The predicted molar refractivity (Wildman–Crippen MR) is 110 cm³/mol. The van der Waals surface area contributed by atoms with Gasteiger partial charge in [-0.1, -0.05) is 42.5 Å². The Balaban J connectivity index is 0.00000300. The third kappa shape index (κ3) is 5.15. The second kappa shape index (κ2) is 9.98. The van der Waals surface area contributed by atoms with Gasteiger partial charge in [0.05, 0.1) is 12.0 Å². The summed E-state index contributed by atoms with van der Waals surface area (Å²) in [7, 11) is -5.91. The van der Waals surface area contributed by atoms with Crippen LogP contribution in [0.1, 0.15) is 0 Å². The molecule has 3 aromatic carbocycles. The second-order valence-electron chi connectivity index (χ2n) is 6.17. The Morgan fingerprint density at radius 1 is 0.862 bits per heavy atom. The third-order valence-corrected chi connectivity index (χ3v) is 9.62. The number of carbonyl (C=O) groups is 1. The number of benzene rings is 3. The van der Waals surface area contributed by atoms with Crippen molar-refractivity contribution in [1.29, 1.82) is 0 Å². The fourth-order valence-corrected chi connectivity index (χ4v) is 7.85. The van der Waals surface area contributed by atoms with Gasteiger partial charge >= 0.3 is 35.5 Å². The minimum absolute atomic E-state index is 0. The van der Waals surface area contributed by atoms with Crippen LogP contribution < -0.4 is 45.5 Å². The maximum Gasteiger partial charge on any atom is 1.00 e. The molecule has 0 amide bonds. The molecule has 0 saturated heterocycles. The zero-order chi connectivity index (χ0) is 20.2. The fraction of sp³-hybridized carbons (Fsp3) is 0.0952. The molecule has 0 spiro atoms. The van der Waals surface area contributed by atoms with E-state index in [0.717, 1.165) is 10.6 Å². The Bertz CT molecular complexity index is 1030. The Kier molecular flexibility index (Phi) is 8.18. The Labute approximate surface area is 193 Å². The Morgan fingerprint density at radius 2 is 1.34 bits per heavy atom. The number of rotatable bonds is 6. The number of esters is 1. The van der Waals surface area contributed by atoms with Crippen LogP contribution in [0.4, 0.5) is 0 Å². The molecule has 0 N–H and O–H groups in total. The number of ether oxygens (including phenoxy) is 1. The topological polar surface area (TPSA) is 83.5 Å². The number of hydrogen-bond acceptors (Lipinski definition) is 5. The fourth-order valence-electron chi connectivity index (χ4n) is 3.22. The van der Waals surface area contributed by atoms with E-state index in [9.17, 15) is 17.8 Å². The molecule has 3 rings (SSSR count). The number of hydrogen-bond donors (Lipinski definition) is 0. The van der Waals surface area contributed by atoms with Gasteiger partial charge in [-0.3, -0.25) is 0 Å². The summed E-state index contributed by atoms with van der Waals surface area (Å²) < 4.78 is 39.9. The second-order valence-corrected chi connectivity index (χ2v) is 11.0. The molecule has 0 aromatic heterocycles. The van der Waals surface area contributed by atoms with Crippen molar-refractivity contribution in [3.05, 3.63) is 84.9 Å². The first-order valence-electron chi connectivity index (χ1n) is 8.50. The van der Waals surface area contributed by atoms with Crippen LogP contribution in [-0.2, 0) is 19.6 Å². The van der Waals surface area contributed by atoms with Crippen molar-refractivity contribution >= 4 is 39.3 Å². The van der Waals surface area contributed by atoms with Crippen molar-refractivity contribution in [2.75, 3.05) is 13.3 Å². The third-order valence-electron chi connectivity index (χ3n) is 4.53. The molecule has 0 aliphatic heterocycles. The van der Waals surface area contributed by atoms with E-state index < -0.39 is 23.3 Å². The van der Waals surface area contributed by atoms with Crippen LogP contribution in [0, 0.1) is 0 Å². The van der Waals surface area contributed by atoms with Crippen LogP contribution in [0.3, 0.4) is 0 Å². The normalized spacial score (nSPS) is 11.4. The summed E-state index contributed by atoms with van der Waals surface area (Å²) in [6, 6.07) is 24.9. The standard InChI is InChI=1S/C21H19O5PS.Na/c1-26-21(22)16-27(17-9-4-2-5-10-17,18-11-6-3-7-12-18)19-13-8-14-20(15-19)28(23,24)25;/h2-15H,16H2,1H3;/q;+1. The zero-order valence-electron chi connectivity index (χ0n) is 16.2. The smallest absolute Gasteiger partial charge is 0.744 e. The van der Waals surface area contributed by atoms with Crippen LogP contribution in [0.2, 0.25) is 0 Å². The van der Waals surface area contributed by atoms with Crippen molar-refractivity contribution in [3.8, 4) is 0 Å². The van der Waals surface area contributed by atoms with Gasteiger partial charge < -0.3 is 9.29 Å². The van der Waals surface area contributed by atoms with Gasteiger partial charge in [0.25, 0.3) is 0 Å². The van der Waals surface area contributed by atoms with E-state index in [-0.39, 0.29) is 40.6 Å². The number of carbonyl (C=O) groups excluding carboxylic acids is 1. The number of methoxy groups -OCH3 is 1. The summed E-state index contributed by atoms with van der Waals surface area (Å²) in [6.07, 6.45) is 0.0554. The summed E-state index contributed by atoms with van der Waals surface area (Å²) in [5.41, 5.74) is 0. The van der Waals surface area contributed by atoms with Gasteiger partial charge in [0.15, 0.2) is 6.16 Å². The van der Waals surface area contributed by atoms with Gasteiger partial charge in [-0.2, -0.15) is 0 Å². The van der Waals surface area contributed by atoms with Gasteiger partial charge in [0, 0.05) is 0 Å². The van der Waals surface area contributed by atoms with Gasteiger partial charge in [-0.05, 0) is 42.5 Å². The van der Waals surface area contributed by atoms with Crippen LogP contribution >= 0.6 is 7.26 Å². The molecule has 29 heavy (non-hydrogen) atoms. The van der Waals surface area contributed by atoms with E-state index in [0.29, 0.717) is 5.30 Å². The Hall–Kier alpha value is -1.53. The molecule has 0 saturated carbocycles. The first kappa shape index (κ1) is 23.7. The van der Waals surface area contributed by atoms with Gasteiger partial charge in [0.2, 0.25) is 0 Å². The summed E-state index contributed by atoms with van der Waals surface area (Å²) >= 11 is 0. The van der Waals surface area contributed by atoms with Gasteiger partial charge in [0.1, 0.15) is 33.3 Å². The molecule has 0 aliphatic carbocycles. The van der Waals surface area contributed by atoms with E-state index in [1.807, 2.05) is 60.7 Å². The van der Waals surface area contributed by atoms with Crippen molar-refractivity contribution < 1.29 is 52.1 Å². The molecule has 0 radical (unpaired) electrons. The molecular weight excluding hydrogens is 418 g/mol. The summed E-state index contributed by atoms with van der Waals surface area (Å²) in [5.74, 6) is -0.406. The van der Waals surface area contributed by atoms with E-state index in [1.165, 1.54) is 25.3 Å². The van der Waals surface area contributed by atoms with E-state index >= 15 is 0 Å². The molecule has 0 atom stereocenters. The maximum atomic E-state index is 12.5. The molecule has 5 nitrogen and oxygen atoms in total. The van der Waals surface area contributed by atoms with Crippen LogP contribution in [0.5, 0.6) is 0 Å². The molecule has 0 heterocycles. The summed E-state index contributed by atoms with van der Waals surface area (Å²) in [4.78, 5) is 12.1. The first-order valence-corrected chi connectivity index (χ1v) is 11.9. The van der Waals surface area contributed by atoms with Crippen molar-refractivity contribution in [3.63, 3.8) is 0 Å². The van der Waals surface area contributed by atoms with E-state index in [2.05, 4.69) is 0 Å². The van der Waals surface area contributed by atoms with Crippen molar-refractivity contribution in [1.82, 2.24) is 0 Å². The average molecular weight is 437 g/mol. The van der Waals surface area contributed by atoms with Crippen LogP contribution in [0.15, 0.2) is 89.8 Å². The summed E-state index contributed by atoms with van der Waals surface area (Å²) in [5, 5.41) is 2.42. The quantitative estimate of drug-likeness (QED) is 0.215. The van der Waals surface area contributed by atoms with Crippen molar-refractivity contribution in [2.45, 2.75) is 4.90 Å². The van der Waals surface area contributed by atoms with Gasteiger partial charge in [-0.25, -0.2) is 13.2 Å². The SMILES string of the molecule is COC(=O)C[P+](c1ccccc1)(c1ccccc1)c1cccc(S(=O)(=O)[O-])c1.[Na+]. The molecule has 8 heteroatoms. The average Bonchev–Trinajstić information content (AvgIpc) is 2.72. The van der Waals surface area contributed by atoms with Gasteiger partial charge in [-0.15, -0.1) is 0 Å². The first-order chi connectivity index (χ1) is 13.4. The van der Waals surface area contributed by atoms with Crippen LogP contribution in [0.25, 0.3) is 0 Å². The largest absolute Gasteiger partial charge is 1.00 e. The zero-order valence-corrected chi connectivity index (χ0v) is 19.9. The monoisotopic (exact) mass is 437 g/mol. The molecule has 0 bridgehead atoms. The van der Waals surface area contributed by atoms with Crippen LogP contribution in [-0.4, -0.2) is 32.2 Å².